The largest absolute Gasteiger partial charge is 0.434 e. The molecule has 0 radical (unpaired) electrons. The van der Waals surface area contributed by atoms with Crippen LogP contribution in [0.1, 0.15) is 11.3 Å². The molecule has 0 N–H and O–H groups in total. The van der Waals surface area contributed by atoms with Gasteiger partial charge >= 0.3 is 6.18 Å². The Bertz CT molecular complexity index is 450. The van der Waals surface area contributed by atoms with Crippen LogP contribution in [0.5, 0.6) is 0 Å². The highest BCUT2D eigenvalue weighted by atomic mass is 35.5. The molecular formula is C7Cl3F3N2. The standard InChI is InChI=1S/C7Cl3F3N2/c8-3-2(1-14)5(7(11,12)13)15-6(10)4(3)9. The molecule has 15 heavy (non-hydrogen) atoms. The summed E-state index contributed by atoms with van der Waals surface area (Å²) in [4.78, 5) is 2.98. The van der Waals surface area contributed by atoms with Crippen molar-refractivity contribution in [2.75, 3.05) is 0 Å². The Morgan fingerprint density at radius 3 is 2.07 bits per heavy atom. The van der Waals surface area contributed by atoms with E-state index in [0.29, 0.717) is 0 Å². The Labute approximate surface area is 97.2 Å². The minimum atomic E-state index is -4.80. The number of alkyl halides is 3. The average molecular weight is 275 g/mol. The van der Waals surface area contributed by atoms with E-state index in [9.17, 15) is 13.2 Å². The Morgan fingerprint density at radius 2 is 1.67 bits per heavy atom. The van der Waals surface area contributed by atoms with Crippen molar-refractivity contribution in [3.8, 4) is 6.07 Å². The lowest BCUT2D eigenvalue weighted by Crippen LogP contribution is -2.11. The maximum atomic E-state index is 12.4. The van der Waals surface area contributed by atoms with Crippen LogP contribution in [0.15, 0.2) is 0 Å². The topological polar surface area (TPSA) is 36.7 Å². The molecule has 8 heteroatoms. The monoisotopic (exact) mass is 274 g/mol. The quantitative estimate of drug-likeness (QED) is 0.673. The van der Waals surface area contributed by atoms with Crippen molar-refractivity contribution in [1.82, 2.24) is 4.98 Å². The van der Waals surface area contributed by atoms with Crippen LogP contribution in [0.25, 0.3) is 0 Å². The van der Waals surface area contributed by atoms with E-state index >= 15 is 0 Å². The van der Waals surface area contributed by atoms with E-state index in [-0.39, 0.29) is 5.02 Å². The first-order valence-corrected chi connectivity index (χ1v) is 4.44. The summed E-state index contributed by atoms with van der Waals surface area (Å²) in [6, 6.07) is 1.28. The van der Waals surface area contributed by atoms with Gasteiger partial charge in [0, 0.05) is 0 Å². The lowest BCUT2D eigenvalue weighted by molar-refractivity contribution is -0.141. The minimum Gasteiger partial charge on any atom is -0.228 e. The van der Waals surface area contributed by atoms with Crippen LogP contribution in [-0.4, -0.2) is 4.98 Å². The highest BCUT2D eigenvalue weighted by Crippen LogP contribution is 2.39. The first kappa shape index (κ1) is 12.4. The molecule has 80 valence electrons. The Morgan fingerprint density at radius 1 is 1.13 bits per heavy atom. The maximum absolute atomic E-state index is 12.4. The second-order valence-corrected chi connectivity index (χ2v) is 3.48. The van der Waals surface area contributed by atoms with Crippen LogP contribution in [-0.2, 0) is 6.18 Å². The molecule has 1 aromatic rings. The first-order chi connectivity index (χ1) is 6.79. The lowest BCUT2D eigenvalue weighted by Gasteiger charge is -2.10. The van der Waals surface area contributed by atoms with Gasteiger partial charge in [-0.3, -0.25) is 0 Å². The summed E-state index contributed by atoms with van der Waals surface area (Å²) in [5, 5.41) is 6.99. The predicted octanol–water partition coefficient (Wildman–Crippen LogP) is 3.93. The zero-order valence-electron chi connectivity index (χ0n) is 6.66. The van der Waals surface area contributed by atoms with Crippen LogP contribution in [0.4, 0.5) is 13.2 Å². The van der Waals surface area contributed by atoms with Crippen molar-refractivity contribution in [2.45, 2.75) is 6.18 Å². The van der Waals surface area contributed by atoms with Gasteiger partial charge in [-0.1, -0.05) is 34.8 Å². The Balaban J connectivity index is 3.62. The number of nitrogens with zero attached hydrogens (tertiary/aromatic N) is 2. The molecular weight excluding hydrogens is 275 g/mol. The number of nitriles is 1. The zero-order chi connectivity index (χ0) is 11.8. The summed E-state index contributed by atoms with van der Waals surface area (Å²) in [7, 11) is 0. The summed E-state index contributed by atoms with van der Waals surface area (Å²) >= 11 is 16.2. The molecule has 1 rings (SSSR count). The molecule has 0 saturated heterocycles. The number of hydrogen-bond donors (Lipinski definition) is 0. The van der Waals surface area contributed by atoms with Gasteiger partial charge in [-0.2, -0.15) is 18.4 Å². The van der Waals surface area contributed by atoms with Crippen molar-refractivity contribution >= 4 is 34.8 Å². The Kier molecular flexibility index (Phi) is 3.34. The molecule has 1 heterocycles. The number of rotatable bonds is 0. The highest BCUT2D eigenvalue weighted by molar-refractivity contribution is 6.47. The fourth-order valence-corrected chi connectivity index (χ4v) is 1.40. The van der Waals surface area contributed by atoms with Crippen molar-refractivity contribution in [2.24, 2.45) is 0 Å². The van der Waals surface area contributed by atoms with E-state index in [0.717, 1.165) is 0 Å². The lowest BCUT2D eigenvalue weighted by atomic mass is 10.2. The van der Waals surface area contributed by atoms with Gasteiger partial charge < -0.3 is 0 Å². The van der Waals surface area contributed by atoms with Gasteiger partial charge in [-0.25, -0.2) is 4.98 Å². The number of aromatic nitrogens is 1. The molecule has 0 bridgehead atoms. The van der Waals surface area contributed by atoms with E-state index in [1.165, 1.54) is 6.07 Å². The van der Waals surface area contributed by atoms with Crippen molar-refractivity contribution in [3.05, 3.63) is 26.5 Å². The van der Waals surface area contributed by atoms with Gasteiger partial charge in [-0.05, 0) is 0 Å². The van der Waals surface area contributed by atoms with Gasteiger partial charge in [0.15, 0.2) is 5.69 Å². The molecule has 0 aliphatic rings. The fourth-order valence-electron chi connectivity index (χ4n) is 0.815. The second kappa shape index (κ2) is 4.05. The summed E-state index contributed by atoms with van der Waals surface area (Å²) in [5.41, 5.74) is -2.28. The third-order valence-corrected chi connectivity index (χ3v) is 2.63. The van der Waals surface area contributed by atoms with E-state index < -0.39 is 27.6 Å². The van der Waals surface area contributed by atoms with Crippen LogP contribution in [0.2, 0.25) is 15.2 Å². The number of pyridine rings is 1. The van der Waals surface area contributed by atoms with Gasteiger partial charge in [0.2, 0.25) is 0 Å². The molecule has 0 aromatic carbocycles. The molecule has 0 aliphatic heterocycles. The van der Waals surface area contributed by atoms with Crippen LogP contribution in [0, 0.1) is 11.3 Å². The van der Waals surface area contributed by atoms with Gasteiger partial charge in [0.25, 0.3) is 0 Å². The molecule has 0 atom stereocenters. The summed E-state index contributed by atoms with van der Waals surface area (Å²) < 4.78 is 37.1. The molecule has 0 aliphatic carbocycles. The van der Waals surface area contributed by atoms with E-state index in [4.69, 9.17) is 40.1 Å². The van der Waals surface area contributed by atoms with Gasteiger partial charge in [0.05, 0.1) is 10.0 Å². The molecule has 0 fully saturated rings. The fraction of sp³-hybridized carbons (Fsp3) is 0.143. The van der Waals surface area contributed by atoms with Crippen molar-refractivity contribution < 1.29 is 13.2 Å². The molecule has 0 spiro atoms. The molecule has 1 aromatic heterocycles. The van der Waals surface area contributed by atoms with Crippen LogP contribution in [0.3, 0.4) is 0 Å². The Hall–Kier alpha value is -0.700. The average Bonchev–Trinajstić information content (AvgIpc) is 2.12. The number of halogens is 6. The van der Waals surface area contributed by atoms with Gasteiger partial charge in [0.1, 0.15) is 16.8 Å². The maximum Gasteiger partial charge on any atom is 0.434 e. The SMILES string of the molecule is N#Cc1c(C(F)(F)F)nc(Cl)c(Cl)c1Cl. The number of hydrogen-bond acceptors (Lipinski definition) is 2. The molecule has 0 unspecified atom stereocenters. The van der Waals surface area contributed by atoms with E-state index in [1.54, 1.807) is 0 Å². The van der Waals surface area contributed by atoms with E-state index in [1.807, 2.05) is 0 Å². The third-order valence-electron chi connectivity index (χ3n) is 1.42. The molecule has 0 amide bonds. The van der Waals surface area contributed by atoms with Crippen molar-refractivity contribution in [3.63, 3.8) is 0 Å². The molecule has 0 saturated carbocycles. The molecule has 2 nitrogen and oxygen atoms in total. The van der Waals surface area contributed by atoms with Crippen molar-refractivity contribution in [1.29, 1.82) is 5.26 Å². The minimum absolute atomic E-state index is 0.372. The predicted molar refractivity (Wildman–Crippen MR) is 49.0 cm³/mol. The van der Waals surface area contributed by atoms with E-state index in [2.05, 4.69) is 4.98 Å². The summed E-state index contributed by atoms with van der Waals surface area (Å²) in [6.07, 6.45) is -4.80. The highest BCUT2D eigenvalue weighted by Gasteiger charge is 2.38. The van der Waals surface area contributed by atoms with Gasteiger partial charge in [-0.15, -0.1) is 0 Å². The third kappa shape index (κ3) is 2.28. The smallest absolute Gasteiger partial charge is 0.228 e. The normalized spacial score (nSPS) is 11.3. The summed E-state index contributed by atoms with van der Waals surface area (Å²) in [6.45, 7) is 0. The zero-order valence-corrected chi connectivity index (χ0v) is 8.93. The van der Waals surface area contributed by atoms with Crippen LogP contribution >= 0.6 is 34.8 Å². The first-order valence-electron chi connectivity index (χ1n) is 3.30. The van der Waals surface area contributed by atoms with Crippen LogP contribution < -0.4 is 0 Å². The summed E-state index contributed by atoms with van der Waals surface area (Å²) in [5.74, 6) is 0. The second-order valence-electron chi connectivity index (χ2n) is 2.36.